The summed E-state index contributed by atoms with van der Waals surface area (Å²) in [5, 5.41) is 7.40. The molecule has 1 saturated carbocycles. The summed E-state index contributed by atoms with van der Waals surface area (Å²) in [6, 6.07) is 2.44. The van der Waals surface area contributed by atoms with Gasteiger partial charge in [-0.25, -0.2) is 9.97 Å². The van der Waals surface area contributed by atoms with Crippen molar-refractivity contribution in [3.63, 3.8) is 0 Å². The molecule has 2 heterocycles. The highest BCUT2D eigenvalue weighted by Gasteiger charge is 2.19. The van der Waals surface area contributed by atoms with Crippen molar-refractivity contribution in [1.29, 1.82) is 0 Å². The fraction of sp³-hybridized carbons (Fsp3) is 0.562. The van der Waals surface area contributed by atoms with Crippen LogP contribution in [0.15, 0.2) is 16.8 Å². The molecule has 0 spiro atoms. The largest absolute Gasteiger partial charge is 0.356 e. The third-order valence-electron chi connectivity index (χ3n) is 3.95. The minimum atomic E-state index is 0.303. The predicted molar refractivity (Wildman–Crippen MR) is 82.2 cm³/mol. The van der Waals surface area contributed by atoms with Crippen LogP contribution in [-0.2, 0) is 0 Å². The van der Waals surface area contributed by atoms with Crippen molar-refractivity contribution in [3.8, 4) is 11.3 Å². The Hall–Kier alpha value is -1.91. The highest BCUT2D eigenvalue weighted by atomic mass is 16.5. The van der Waals surface area contributed by atoms with Crippen molar-refractivity contribution in [2.45, 2.75) is 58.4 Å². The smallest absolute Gasteiger partial charge is 0.223 e. The first-order valence-corrected chi connectivity index (χ1v) is 7.70. The van der Waals surface area contributed by atoms with E-state index < -0.39 is 0 Å². The maximum absolute atomic E-state index is 5.36. The molecule has 21 heavy (non-hydrogen) atoms. The maximum Gasteiger partial charge on any atom is 0.223 e. The minimum Gasteiger partial charge on any atom is -0.356 e. The van der Waals surface area contributed by atoms with E-state index in [9.17, 15) is 0 Å². The van der Waals surface area contributed by atoms with Crippen LogP contribution in [0.25, 0.3) is 11.3 Å². The monoisotopic (exact) mass is 286 g/mol. The summed E-state index contributed by atoms with van der Waals surface area (Å²) >= 11 is 0. The molecular weight excluding hydrogens is 264 g/mol. The Morgan fingerprint density at radius 2 is 2.05 bits per heavy atom. The Morgan fingerprint density at radius 1 is 1.29 bits per heavy atom. The van der Waals surface area contributed by atoms with Gasteiger partial charge in [0.15, 0.2) is 5.76 Å². The summed E-state index contributed by atoms with van der Waals surface area (Å²) in [5.41, 5.74) is 2.80. The van der Waals surface area contributed by atoms with Gasteiger partial charge in [-0.1, -0.05) is 31.8 Å². The zero-order valence-electron chi connectivity index (χ0n) is 12.9. The van der Waals surface area contributed by atoms with Crippen LogP contribution in [0.3, 0.4) is 0 Å². The molecule has 2 aromatic heterocycles. The van der Waals surface area contributed by atoms with E-state index in [1.165, 1.54) is 25.7 Å². The van der Waals surface area contributed by atoms with Gasteiger partial charge in [-0.05, 0) is 25.7 Å². The van der Waals surface area contributed by atoms with E-state index in [1.54, 1.807) is 0 Å². The Morgan fingerprint density at radius 3 is 2.67 bits per heavy atom. The molecule has 0 saturated heterocycles. The zero-order chi connectivity index (χ0) is 14.8. The molecule has 1 fully saturated rings. The van der Waals surface area contributed by atoms with E-state index in [1.807, 2.05) is 19.2 Å². The quantitative estimate of drug-likeness (QED) is 0.923. The van der Waals surface area contributed by atoms with Gasteiger partial charge in [-0.2, -0.15) is 0 Å². The van der Waals surface area contributed by atoms with Gasteiger partial charge in [-0.15, -0.1) is 0 Å². The van der Waals surface area contributed by atoms with Crippen molar-refractivity contribution < 1.29 is 4.52 Å². The van der Waals surface area contributed by atoms with Crippen molar-refractivity contribution >= 4 is 5.95 Å². The van der Waals surface area contributed by atoms with Gasteiger partial charge >= 0.3 is 0 Å². The van der Waals surface area contributed by atoms with Crippen molar-refractivity contribution in [2.24, 2.45) is 0 Å². The minimum absolute atomic E-state index is 0.303. The second kappa shape index (κ2) is 5.84. The van der Waals surface area contributed by atoms with E-state index >= 15 is 0 Å². The second-order valence-electron chi connectivity index (χ2n) is 6.11. The molecule has 0 aliphatic heterocycles. The molecule has 5 nitrogen and oxygen atoms in total. The molecule has 0 aromatic carbocycles. The predicted octanol–water partition coefficient (Wildman–Crippen LogP) is 3.92. The van der Waals surface area contributed by atoms with Crippen LogP contribution in [0.5, 0.6) is 0 Å². The first kappa shape index (κ1) is 14.0. The lowest BCUT2D eigenvalue weighted by Crippen LogP contribution is -2.17. The van der Waals surface area contributed by atoms with Crippen LogP contribution in [0.4, 0.5) is 5.95 Å². The molecule has 0 amide bonds. The zero-order valence-corrected chi connectivity index (χ0v) is 12.9. The Labute approximate surface area is 125 Å². The van der Waals surface area contributed by atoms with Crippen LogP contribution in [0.2, 0.25) is 0 Å². The number of hydrogen-bond donors (Lipinski definition) is 1. The molecule has 112 valence electrons. The van der Waals surface area contributed by atoms with E-state index in [-0.39, 0.29) is 0 Å². The fourth-order valence-electron chi connectivity index (χ4n) is 2.84. The van der Waals surface area contributed by atoms with Crippen LogP contribution in [0.1, 0.15) is 56.8 Å². The van der Waals surface area contributed by atoms with Crippen LogP contribution in [-0.4, -0.2) is 21.2 Å². The SMILES string of the molecule is Cc1cc(-c2cnc(NC3CCCC3)nc2C(C)C)on1. The summed E-state index contributed by atoms with van der Waals surface area (Å²) in [6.45, 7) is 6.18. The summed E-state index contributed by atoms with van der Waals surface area (Å²) < 4.78 is 5.36. The number of aromatic nitrogens is 3. The maximum atomic E-state index is 5.36. The van der Waals surface area contributed by atoms with Gasteiger partial charge in [0.05, 0.1) is 17.0 Å². The van der Waals surface area contributed by atoms with Crippen LogP contribution >= 0.6 is 0 Å². The van der Waals surface area contributed by atoms with Crippen LogP contribution in [0, 0.1) is 6.92 Å². The summed E-state index contributed by atoms with van der Waals surface area (Å²) in [5.74, 6) is 1.77. The molecular formula is C16H22N4O. The number of rotatable bonds is 4. The molecule has 0 bridgehead atoms. The van der Waals surface area contributed by atoms with Crippen LogP contribution < -0.4 is 5.32 Å². The van der Waals surface area contributed by atoms with Crippen molar-refractivity contribution in [2.75, 3.05) is 5.32 Å². The first-order valence-electron chi connectivity index (χ1n) is 7.70. The summed E-state index contributed by atoms with van der Waals surface area (Å²) in [7, 11) is 0. The number of nitrogens with zero attached hydrogens (tertiary/aromatic N) is 3. The van der Waals surface area contributed by atoms with Gasteiger partial charge in [-0.3, -0.25) is 0 Å². The van der Waals surface area contributed by atoms with Crippen molar-refractivity contribution in [1.82, 2.24) is 15.1 Å². The third-order valence-corrected chi connectivity index (χ3v) is 3.95. The highest BCUT2D eigenvalue weighted by Crippen LogP contribution is 2.29. The summed E-state index contributed by atoms with van der Waals surface area (Å²) in [4.78, 5) is 9.17. The molecule has 2 aromatic rings. The topological polar surface area (TPSA) is 63.8 Å². The van der Waals surface area contributed by atoms with Gasteiger partial charge in [0.1, 0.15) is 0 Å². The van der Waals surface area contributed by atoms with E-state index in [0.29, 0.717) is 12.0 Å². The Bertz CT molecular complexity index is 614. The van der Waals surface area contributed by atoms with Gasteiger partial charge in [0.2, 0.25) is 5.95 Å². The molecule has 1 aliphatic carbocycles. The Balaban J connectivity index is 1.90. The molecule has 1 N–H and O–H groups in total. The lowest BCUT2D eigenvalue weighted by molar-refractivity contribution is 0.426. The van der Waals surface area contributed by atoms with E-state index in [4.69, 9.17) is 9.51 Å². The molecule has 1 aliphatic rings. The van der Waals surface area contributed by atoms with Gasteiger partial charge in [0, 0.05) is 18.3 Å². The molecule has 0 radical (unpaired) electrons. The molecule has 0 atom stereocenters. The van der Waals surface area contributed by atoms with E-state index in [2.05, 4.69) is 29.3 Å². The average Bonchev–Trinajstić information content (AvgIpc) is 3.10. The standard InChI is InChI=1S/C16H22N4O/c1-10(2)15-13(14-8-11(3)20-21-14)9-17-16(19-15)18-12-6-4-5-7-12/h8-10,12H,4-7H2,1-3H3,(H,17,18,19). The van der Waals surface area contributed by atoms with Gasteiger partial charge < -0.3 is 9.84 Å². The Kier molecular flexibility index (Phi) is 3.90. The van der Waals surface area contributed by atoms with Gasteiger partial charge in [0.25, 0.3) is 0 Å². The van der Waals surface area contributed by atoms with Crippen molar-refractivity contribution in [3.05, 3.63) is 23.7 Å². The molecule has 5 heteroatoms. The number of anilines is 1. The molecule has 0 unspecified atom stereocenters. The third kappa shape index (κ3) is 3.06. The lowest BCUT2D eigenvalue weighted by atomic mass is 10.0. The lowest BCUT2D eigenvalue weighted by Gasteiger charge is -2.15. The average molecular weight is 286 g/mol. The fourth-order valence-corrected chi connectivity index (χ4v) is 2.84. The molecule has 3 rings (SSSR count). The second-order valence-corrected chi connectivity index (χ2v) is 6.11. The highest BCUT2D eigenvalue weighted by molar-refractivity contribution is 5.61. The number of aryl methyl sites for hydroxylation is 1. The van der Waals surface area contributed by atoms with E-state index in [0.717, 1.165) is 28.7 Å². The normalized spacial score (nSPS) is 15.8. The summed E-state index contributed by atoms with van der Waals surface area (Å²) in [6.07, 6.45) is 6.86. The number of nitrogens with one attached hydrogen (secondary N) is 1. The number of hydrogen-bond acceptors (Lipinski definition) is 5. The first-order chi connectivity index (χ1) is 10.1.